The monoisotopic (exact) mass is 214 g/mol. The van der Waals surface area contributed by atoms with Crippen LogP contribution in [0.1, 0.15) is 5.82 Å². The molecule has 2 aromatic heterocycles. The maximum atomic E-state index is 12.3. The van der Waals surface area contributed by atoms with Gasteiger partial charge in [0.1, 0.15) is 0 Å². The first kappa shape index (κ1) is 9.63. The van der Waals surface area contributed by atoms with E-state index in [-0.39, 0.29) is 5.69 Å². The van der Waals surface area contributed by atoms with Gasteiger partial charge in [0.15, 0.2) is 0 Å². The first-order valence-electron chi connectivity index (χ1n) is 3.97. The van der Waals surface area contributed by atoms with Gasteiger partial charge in [-0.05, 0) is 6.07 Å². The average molecular weight is 214 g/mol. The van der Waals surface area contributed by atoms with Crippen LogP contribution >= 0.6 is 0 Å². The molecule has 0 spiro atoms. The topological polar surface area (TPSA) is 54.5 Å². The zero-order chi connectivity index (χ0) is 10.9. The highest BCUT2D eigenvalue weighted by molar-refractivity contribution is 5.55. The number of H-pyrrole nitrogens is 1. The molecule has 0 saturated carbocycles. The summed E-state index contributed by atoms with van der Waals surface area (Å²) in [4.78, 5) is 6.54. The third-order valence-electron chi connectivity index (χ3n) is 1.70. The summed E-state index contributed by atoms with van der Waals surface area (Å²) < 4.78 is 36.8. The normalized spacial score (nSPS) is 11.7. The van der Waals surface area contributed by atoms with E-state index in [0.717, 1.165) is 6.20 Å². The molecule has 2 aromatic rings. The molecule has 78 valence electrons. The van der Waals surface area contributed by atoms with E-state index in [1.165, 1.54) is 18.5 Å². The van der Waals surface area contributed by atoms with Crippen molar-refractivity contribution in [2.24, 2.45) is 0 Å². The number of hydrogen-bond donors (Lipinski definition) is 1. The van der Waals surface area contributed by atoms with Crippen molar-refractivity contribution < 1.29 is 13.2 Å². The summed E-state index contributed by atoms with van der Waals surface area (Å²) in [7, 11) is 0. The first-order valence-corrected chi connectivity index (χ1v) is 3.97. The Hall–Kier alpha value is -1.92. The van der Waals surface area contributed by atoms with Crippen LogP contribution < -0.4 is 0 Å². The molecule has 0 bridgehead atoms. The molecule has 2 rings (SSSR count). The minimum atomic E-state index is -4.53. The fourth-order valence-electron chi connectivity index (χ4n) is 1.05. The average Bonchev–Trinajstić information content (AvgIpc) is 2.69. The Bertz CT molecular complexity index is 449. The number of halogens is 3. The Morgan fingerprint density at radius 2 is 2.07 bits per heavy atom. The van der Waals surface area contributed by atoms with Crippen molar-refractivity contribution in [1.82, 2.24) is 20.2 Å². The highest BCUT2D eigenvalue weighted by atomic mass is 19.4. The van der Waals surface area contributed by atoms with Crippen LogP contribution in [0, 0.1) is 0 Å². The largest absolute Gasteiger partial charge is 0.451 e. The van der Waals surface area contributed by atoms with Gasteiger partial charge in [0.05, 0.1) is 11.9 Å². The first-order chi connectivity index (χ1) is 7.07. The van der Waals surface area contributed by atoms with E-state index in [1.807, 2.05) is 0 Å². The van der Waals surface area contributed by atoms with Crippen LogP contribution in [0.25, 0.3) is 11.3 Å². The standard InChI is InChI=1S/C8H5F3N4/c9-8(10,11)7-12-2-1-6(15-7)5-3-13-14-4-5/h1-4H,(H,13,14). The van der Waals surface area contributed by atoms with Gasteiger partial charge in [-0.2, -0.15) is 18.3 Å². The van der Waals surface area contributed by atoms with Gasteiger partial charge in [-0.3, -0.25) is 5.10 Å². The molecule has 0 aromatic carbocycles. The minimum Gasteiger partial charge on any atom is -0.285 e. The Morgan fingerprint density at radius 1 is 1.27 bits per heavy atom. The van der Waals surface area contributed by atoms with Gasteiger partial charge in [-0.1, -0.05) is 0 Å². The molecule has 7 heteroatoms. The number of aromatic nitrogens is 4. The van der Waals surface area contributed by atoms with Gasteiger partial charge in [0.25, 0.3) is 0 Å². The quantitative estimate of drug-likeness (QED) is 0.788. The Balaban J connectivity index is 2.44. The number of nitrogens with zero attached hydrogens (tertiary/aromatic N) is 3. The molecule has 1 N–H and O–H groups in total. The predicted octanol–water partition coefficient (Wildman–Crippen LogP) is 1.89. The lowest BCUT2D eigenvalue weighted by Crippen LogP contribution is -2.10. The van der Waals surface area contributed by atoms with Crippen LogP contribution in [0.2, 0.25) is 0 Å². The van der Waals surface area contributed by atoms with E-state index in [4.69, 9.17) is 0 Å². The lowest BCUT2D eigenvalue weighted by atomic mass is 10.2. The zero-order valence-electron chi connectivity index (χ0n) is 7.28. The fraction of sp³-hybridized carbons (Fsp3) is 0.125. The van der Waals surface area contributed by atoms with Crippen LogP contribution in [0.5, 0.6) is 0 Å². The van der Waals surface area contributed by atoms with Crippen LogP contribution in [-0.2, 0) is 6.18 Å². The SMILES string of the molecule is FC(F)(F)c1nccc(-c2cn[nH]c2)n1. The predicted molar refractivity (Wildman–Crippen MR) is 44.6 cm³/mol. The lowest BCUT2D eigenvalue weighted by molar-refractivity contribution is -0.144. The van der Waals surface area contributed by atoms with E-state index >= 15 is 0 Å². The highest BCUT2D eigenvalue weighted by Crippen LogP contribution is 2.27. The summed E-state index contributed by atoms with van der Waals surface area (Å²) in [5.74, 6) is -1.15. The second-order valence-electron chi connectivity index (χ2n) is 2.75. The number of hydrogen-bond acceptors (Lipinski definition) is 3. The molecule has 15 heavy (non-hydrogen) atoms. The van der Waals surface area contributed by atoms with Gasteiger partial charge < -0.3 is 0 Å². The Labute approximate surface area is 82.2 Å². The summed E-state index contributed by atoms with van der Waals surface area (Å²) in [6.45, 7) is 0. The van der Waals surface area contributed by atoms with Crippen molar-refractivity contribution in [3.8, 4) is 11.3 Å². The molecule has 0 unspecified atom stereocenters. The van der Waals surface area contributed by atoms with Gasteiger partial charge in [-0.15, -0.1) is 0 Å². The number of rotatable bonds is 1. The number of nitrogens with one attached hydrogen (secondary N) is 1. The maximum absolute atomic E-state index is 12.3. The van der Waals surface area contributed by atoms with E-state index in [0.29, 0.717) is 5.56 Å². The van der Waals surface area contributed by atoms with E-state index in [1.54, 1.807) is 0 Å². The van der Waals surface area contributed by atoms with E-state index in [9.17, 15) is 13.2 Å². The van der Waals surface area contributed by atoms with Crippen molar-refractivity contribution >= 4 is 0 Å². The van der Waals surface area contributed by atoms with Gasteiger partial charge in [-0.25, -0.2) is 9.97 Å². The van der Waals surface area contributed by atoms with Gasteiger partial charge >= 0.3 is 6.18 Å². The summed E-state index contributed by atoms with van der Waals surface area (Å²) in [6, 6.07) is 1.39. The van der Waals surface area contributed by atoms with E-state index in [2.05, 4.69) is 20.2 Å². The zero-order valence-corrected chi connectivity index (χ0v) is 7.28. The molecule has 0 fully saturated rings. The molecule has 4 nitrogen and oxygen atoms in total. The minimum absolute atomic E-state index is 0.186. The molecular weight excluding hydrogens is 209 g/mol. The summed E-state index contributed by atoms with van der Waals surface area (Å²) in [6.07, 6.45) is -0.608. The van der Waals surface area contributed by atoms with Gasteiger partial charge in [0.2, 0.25) is 5.82 Å². The van der Waals surface area contributed by atoms with Crippen molar-refractivity contribution in [3.63, 3.8) is 0 Å². The summed E-state index contributed by atoms with van der Waals surface area (Å²) >= 11 is 0. The number of aromatic amines is 1. The summed E-state index contributed by atoms with van der Waals surface area (Å²) in [5, 5.41) is 6.12. The van der Waals surface area contributed by atoms with Crippen molar-refractivity contribution in [1.29, 1.82) is 0 Å². The third kappa shape index (κ3) is 1.95. The van der Waals surface area contributed by atoms with Crippen LogP contribution in [0.3, 0.4) is 0 Å². The molecule has 0 aliphatic heterocycles. The molecule has 0 saturated heterocycles. The number of alkyl halides is 3. The Kier molecular flexibility index (Phi) is 2.14. The van der Waals surface area contributed by atoms with Crippen molar-refractivity contribution in [2.45, 2.75) is 6.18 Å². The molecular formula is C8H5F3N4. The van der Waals surface area contributed by atoms with Crippen molar-refractivity contribution in [3.05, 3.63) is 30.5 Å². The van der Waals surface area contributed by atoms with Crippen LogP contribution in [0.15, 0.2) is 24.7 Å². The second-order valence-corrected chi connectivity index (χ2v) is 2.75. The third-order valence-corrected chi connectivity index (χ3v) is 1.70. The highest BCUT2D eigenvalue weighted by Gasteiger charge is 2.34. The molecule has 0 atom stereocenters. The lowest BCUT2D eigenvalue weighted by Gasteiger charge is -2.04. The van der Waals surface area contributed by atoms with Crippen LogP contribution in [0.4, 0.5) is 13.2 Å². The summed E-state index contributed by atoms with van der Waals surface area (Å²) in [5.41, 5.74) is 0.675. The van der Waals surface area contributed by atoms with Crippen molar-refractivity contribution in [2.75, 3.05) is 0 Å². The molecule has 2 heterocycles. The Morgan fingerprint density at radius 3 is 2.67 bits per heavy atom. The molecule has 0 radical (unpaired) electrons. The molecule has 0 aliphatic carbocycles. The molecule has 0 amide bonds. The van der Waals surface area contributed by atoms with Gasteiger partial charge in [0, 0.05) is 18.0 Å². The second kappa shape index (κ2) is 3.34. The van der Waals surface area contributed by atoms with Crippen LogP contribution in [-0.4, -0.2) is 20.2 Å². The molecule has 0 aliphatic rings. The smallest absolute Gasteiger partial charge is 0.285 e. The maximum Gasteiger partial charge on any atom is 0.451 e. The fourth-order valence-corrected chi connectivity index (χ4v) is 1.05. The van der Waals surface area contributed by atoms with E-state index < -0.39 is 12.0 Å².